The van der Waals surface area contributed by atoms with Gasteiger partial charge >= 0.3 is 0 Å². The van der Waals surface area contributed by atoms with Gasteiger partial charge in [-0.05, 0) is 12.1 Å². The number of hydrogen-bond acceptors (Lipinski definition) is 4. The topological polar surface area (TPSA) is 87.7 Å². The minimum atomic E-state index is -3.60. The lowest BCUT2D eigenvalue weighted by molar-refractivity contribution is 0.598. The van der Waals surface area contributed by atoms with Crippen LogP contribution >= 0.6 is 0 Å². The van der Waals surface area contributed by atoms with Gasteiger partial charge in [-0.25, -0.2) is 9.97 Å². The first kappa shape index (κ1) is 9.66. The number of aromatic nitrogens is 3. The molecule has 0 amide bonds. The van der Waals surface area contributed by atoms with Crippen molar-refractivity contribution in [3.8, 4) is 0 Å². The van der Waals surface area contributed by atoms with Crippen LogP contribution in [-0.2, 0) is 10.0 Å². The third-order valence-electron chi connectivity index (χ3n) is 1.67. The van der Waals surface area contributed by atoms with Gasteiger partial charge in [0, 0.05) is 6.20 Å². The predicted molar refractivity (Wildman–Crippen MR) is 53.6 cm³/mol. The fourth-order valence-electron chi connectivity index (χ4n) is 1.01. The van der Waals surface area contributed by atoms with E-state index in [-0.39, 0.29) is 10.8 Å². The zero-order valence-electron chi connectivity index (χ0n) is 7.58. The lowest BCUT2D eigenvalue weighted by atomic mass is 10.5. The Bertz CT molecular complexity index is 521. The fourth-order valence-corrected chi connectivity index (χ4v) is 1.92. The van der Waals surface area contributed by atoms with Gasteiger partial charge in [0.1, 0.15) is 5.82 Å². The van der Waals surface area contributed by atoms with E-state index >= 15 is 0 Å². The van der Waals surface area contributed by atoms with Gasteiger partial charge in [0.05, 0.1) is 12.5 Å². The van der Waals surface area contributed by atoms with Crippen molar-refractivity contribution < 1.29 is 8.42 Å². The minimum absolute atomic E-state index is 0.00755. The number of imidazole rings is 1. The number of nitrogens with one attached hydrogen (secondary N) is 2. The molecule has 2 rings (SSSR count). The molecule has 2 aromatic rings. The van der Waals surface area contributed by atoms with Crippen LogP contribution < -0.4 is 4.72 Å². The summed E-state index contributed by atoms with van der Waals surface area (Å²) in [6, 6.07) is 4.96. The molecule has 0 radical (unpaired) electrons. The van der Waals surface area contributed by atoms with E-state index in [0.29, 0.717) is 0 Å². The van der Waals surface area contributed by atoms with Crippen LogP contribution in [0, 0.1) is 0 Å². The van der Waals surface area contributed by atoms with Crippen molar-refractivity contribution in [1.82, 2.24) is 15.0 Å². The summed E-state index contributed by atoms with van der Waals surface area (Å²) < 4.78 is 25.6. The van der Waals surface area contributed by atoms with Crippen LogP contribution in [0.2, 0.25) is 0 Å². The molecule has 6 nitrogen and oxygen atoms in total. The van der Waals surface area contributed by atoms with Crippen LogP contribution in [-0.4, -0.2) is 23.4 Å². The van der Waals surface area contributed by atoms with Crippen LogP contribution in [0.1, 0.15) is 0 Å². The number of hydrogen-bond donors (Lipinski definition) is 2. The monoisotopic (exact) mass is 224 g/mol. The van der Waals surface area contributed by atoms with Gasteiger partial charge in [-0.15, -0.1) is 0 Å². The second kappa shape index (κ2) is 3.70. The Kier molecular flexibility index (Phi) is 2.38. The lowest BCUT2D eigenvalue weighted by Gasteiger charge is -2.03. The highest BCUT2D eigenvalue weighted by atomic mass is 32.2. The number of aromatic amines is 1. The molecule has 0 unspecified atom stereocenters. The third-order valence-corrected chi connectivity index (χ3v) is 2.95. The highest BCUT2D eigenvalue weighted by molar-refractivity contribution is 7.92. The summed E-state index contributed by atoms with van der Waals surface area (Å²) >= 11 is 0. The number of H-pyrrole nitrogens is 1. The maximum absolute atomic E-state index is 11.6. The average molecular weight is 224 g/mol. The zero-order chi connectivity index (χ0) is 10.7. The first-order chi connectivity index (χ1) is 7.18. The molecule has 2 N–H and O–H groups in total. The Morgan fingerprint density at radius 1 is 1.33 bits per heavy atom. The van der Waals surface area contributed by atoms with Crippen molar-refractivity contribution >= 4 is 15.8 Å². The van der Waals surface area contributed by atoms with E-state index in [4.69, 9.17) is 0 Å². The van der Waals surface area contributed by atoms with Crippen molar-refractivity contribution in [3.05, 3.63) is 36.9 Å². The first-order valence-corrected chi connectivity index (χ1v) is 5.59. The summed E-state index contributed by atoms with van der Waals surface area (Å²) in [4.78, 5) is 9.99. The minimum Gasteiger partial charge on any atom is -0.334 e. The second-order valence-electron chi connectivity index (χ2n) is 2.74. The summed E-state index contributed by atoms with van der Waals surface area (Å²) in [5.41, 5.74) is 0. The quantitative estimate of drug-likeness (QED) is 0.799. The lowest BCUT2D eigenvalue weighted by Crippen LogP contribution is -2.13. The molecule has 0 aliphatic rings. The number of sulfonamides is 1. The van der Waals surface area contributed by atoms with E-state index in [1.54, 1.807) is 18.2 Å². The van der Waals surface area contributed by atoms with Crippen molar-refractivity contribution in [2.24, 2.45) is 0 Å². The van der Waals surface area contributed by atoms with Gasteiger partial charge in [0.15, 0.2) is 5.03 Å². The highest BCUT2D eigenvalue weighted by Gasteiger charge is 2.15. The molecule has 15 heavy (non-hydrogen) atoms. The van der Waals surface area contributed by atoms with Crippen molar-refractivity contribution in [2.75, 3.05) is 4.72 Å². The molecule has 0 atom stereocenters. The Morgan fingerprint density at radius 2 is 2.20 bits per heavy atom. The largest absolute Gasteiger partial charge is 0.334 e. The van der Waals surface area contributed by atoms with Crippen LogP contribution in [0.5, 0.6) is 0 Å². The number of anilines is 1. The van der Waals surface area contributed by atoms with E-state index in [2.05, 4.69) is 19.7 Å². The molecule has 0 aromatic carbocycles. The average Bonchev–Trinajstić information content (AvgIpc) is 2.71. The highest BCUT2D eigenvalue weighted by Crippen LogP contribution is 2.09. The molecule has 0 fully saturated rings. The standard InChI is InChI=1S/C8H8N4O2S/c13-15(14,8-5-9-6-11-8)12-7-3-1-2-4-10-7/h1-6H,(H,9,11)(H,10,12). The molecule has 2 heterocycles. The van der Waals surface area contributed by atoms with E-state index in [9.17, 15) is 8.42 Å². The van der Waals surface area contributed by atoms with Gasteiger partial charge in [-0.1, -0.05) is 6.07 Å². The summed E-state index contributed by atoms with van der Waals surface area (Å²) in [6.45, 7) is 0. The van der Waals surface area contributed by atoms with E-state index in [1.807, 2.05) is 0 Å². The molecule has 0 spiro atoms. The molecule has 0 saturated carbocycles. The normalized spacial score (nSPS) is 11.2. The van der Waals surface area contributed by atoms with Crippen molar-refractivity contribution in [2.45, 2.75) is 5.03 Å². The van der Waals surface area contributed by atoms with Crippen LogP contribution in [0.3, 0.4) is 0 Å². The van der Waals surface area contributed by atoms with Gasteiger partial charge < -0.3 is 4.98 Å². The van der Waals surface area contributed by atoms with Crippen molar-refractivity contribution in [3.63, 3.8) is 0 Å². The SMILES string of the molecule is O=S(=O)(Nc1ccccn1)c1cnc[nH]1. The number of rotatable bonds is 3. The Hall–Kier alpha value is -1.89. The molecule has 0 bridgehead atoms. The summed E-state index contributed by atoms with van der Waals surface area (Å²) in [5, 5.41) is 0.00755. The molecular weight excluding hydrogens is 216 g/mol. The summed E-state index contributed by atoms with van der Waals surface area (Å²) in [5.74, 6) is 0.270. The van der Waals surface area contributed by atoms with Gasteiger partial charge in [0.2, 0.25) is 0 Å². The fraction of sp³-hybridized carbons (Fsp3) is 0. The van der Waals surface area contributed by atoms with Crippen LogP contribution in [0.15, 0.2) is 41.9 Å². The molecule has 0 aliphatic carbocycles. The van der Waals surface area contributed by atoms with Crippen molar-refractivity contribution in [1.29, 1.82) is 0 Å². The van der Waals surface area contributed by atoms with E-state index < -0.39 is 10.0 Å². The Labute approximate surface area is 86.4 Å². The first-order valence-electron chi connectivity index (χ1n) is 4.11. The third kappa shape index (κ3) is 2.13. The van der Waals surface area contributed by atoms with Crippen LogP contribution in [0.25, 0.3) is 0 Å². The molecule has 0 saturated heterocycles. The molecule has 0 aliphatic heterocycles. The summed E-state index contributed by atoms with van der Waals surface area (Å²) in [6.07, 6.45) is 4.03. The molecular formula is C8H8N4O2S. The Balaban J connectivity index is 2.27. The van der Waals surface area contributed by atoms with Gasteiger partial charge in [-0.3, -0.25) is 4.72 Å². The second-order valence-corrected chi connectivity index (χ2v) is 4.39. The molecule has 2 aromatic heterocycles. The molecule has 7 heteroatoms. The predicted octanol–water partition coefficient (Wildman–Crippen LogP) is 0.605. The number of pyridine rings is 1. The smallest absolute Gasteiger partial charge is 0.280 e. The van der Waals surface area contributed by atoms with Gasteiger partial charge in [-0.2, -0.15) is 8.42 Å². The zero-order valence-corrected chi connectivity index (χ0v) is 8.40. The van der Waals surface area contributed by atoms with E-state index in [1.165, 1.54) is 18.7 Å². The van der Waals surface area contributed by atoms with Crippen LogP contribution in [0.4, 0.5) is 5.82 Å². The summed E-state index contributed by atoms with van der Waals surface area (Å²) in [7, 11) is -3.60. The van der Waals surface area contributed by atoms with E-state index in [0.717, 1.165) is 0 Å². The maximum Gasteiger partial charge on any atom is 0.280 e. The van der Waals surface area contributed by atoms with Gasteiger partial charge in [0.25, 0.3) is 10.0 Å². The molecule has 78 valence electrons. The maximum atomic E-state index is 11.6. The Morgan fingerprint density at radius 3 is 2.80 bits per heavy atom. The number of nitrogens with zero attached hydrogens (tertiary/aromatic N) is 2.